The maximum absolute atomic E-state index is 13.1. The fourth-order valence-corrected chi connectivity index (χ4v) is 1.82. The molecule has 3 nitrogen and oxygen atoms in total. The first kappa shape index (κ1) is 11.5. The molecule has 1 heterocycles. The molecule has 0 amide bonds. The van der Waals surface area contributed by atoms with Crippen LogP contribution in [0.25, 0.3) is 0 Å². The Bertz CT molecular complexity index is 351. The van der Waals surface area contributed by atoms with Gasteiger partial charge in [0.1, 0.15) is 5.82 Å². The van der Waals surface area contributed by atoms with Crippen LogP contribution in [0.5, 0.6) is 0 Å². The van der Waals surface area contributed by atoms with Gasteiger partial charge in [-0.3, -0.25) is 0 Å². The van der Waals surface area contributed by atoms with E-state index < -0.39 is 0 Å². The SMILES string of the molecule is OCc1cc(CNC2CCOC2)ccc1F. The summed E-state index contributed by atoms with van der Waals surface area (Å²) in [5.41, 5.74) is 1.33. The van der Waals surface area contributed by atoms with E-state index in [1.807, 2.05) is 0 Å². The lowest BCUT2D eigenvalue weighted by Crippen LogP contribution is -2.28. The van der Waals surface area contributed by atoms with Gasteiger partial charge in [0.2, 0.25) is 0 Å². The van der Waals surface area contributed by atoms with Crippen LogP contribution in [0.4, 0.5) is 4.39 Å². The van der Waals surface area contributed by atoms with Gasteiger partial charge in [-0.25, -0.2) is 4.39 Å². The van der Waals surface area contributed by atoms with E-state index in [0.29, 0.717) is 18.2 Å². The topological polar surface area (TPSA) is 41.5 Å². The lowest BCUT2D eigenvalue weighted by Gasteiger charge is -2.11. The molecule has 88 valence electrons. The quantitative estimate of drug-likeness (QED) is 0.809. The molecule has 0 aromatic heterocycles. The molecule has 1 aliphatic rings. The van der Waals surface area contributed by atoms with Crippen molar-refractivity contribution in [1.82, 2.24) is 5.32 Å². The highest BCUT2D eigenvalue weighted by molar-refractivity contribution is 5.24. The van der Waals surface area contributed by atoms with Crippen LogP contribution < -0.4 is 5.32 Å². The molecule has 1 aliphatic heterocycles. The second kappa shape index (κ2) is 5.39. The molecule has 1 aromatic rings. The minimum Gasteiger partial charge on any atom is -0.392 e. The summed E-state index contributed by atoms with van der Waals surface area (Å²) in [7, 11) is 0. The monoisotopic (exact) mass is 225 g/mol. The van der Waals surface area contributed by atoms with Crippen molar-refractivity contribution in [2.24, 2.45) is 0 Å². The van der Waals surface area contributed by atoms with Crippen molar-refractivity contribution < 1.29 is 14.2 Å². The maximum Gasteiger partial charge on any atom is 0.128 e. The molecule has 1 fully saturated rings. The Kier molecular flexibility index (Phi) is 3.88. The summed E-state index contributed by atoms with van der Waals surface area (Å²) in [5, 5.41) is 12.3. The highest BCUT2D eigenvalue weighted by Gasteiger charge is 2.14. The first-order valence-corrected chi connectivity index (χ1v) is 5.49. The minimum absolute atomic E-state index is 0.258. The molecule has 2 rings (SSSR count). The van der Waals surface area contributed by atoms with Crippen LogP contribution in [-0.2, 0) is 17.9 Å². The van der Waals surface area contributed by atoms with Crippen molar-refractivity contribution in [2.45, 2.75) is 25.6 Å². The van der Waals surface area contributed by atoms with Gasteiger partial charge in [0.15, 0.2) is 0 Å². The summed E-state index contributed by atoms with van der Waals surface area (Å²) >= 11 is 0. The molecule has 0 aliphatic carbocycles. The Morgan fingerprint density at radius 3 is 3.06 bits per heavy atom. The van der Waals surface area contributed by atoms with Crippen LogP contribution in [0.3, 0.4) is 0 Å². The van der Waals surface area contributed by atoms with Crippen LogP contribution in [0.1, 0.15) is 17.5 Å². The van der Waals surface area contributed by atoms with E-state index in [0.717, 1.165) is 25.2 Å². The van der Waals surface area contributed by atoms with E-state index in [9.17, 15) is 4.39 Å². The van der Waals surface area contributed by atoms with E-state index >= 15 is 0 Å². The van der Waals surface area contributed by atoms with Crippen molar-refractivity contribution in [3.05, 3.63) is 35.1 Å². The molecule has 2 N–H and O–H groups in total. The van der Waals surface area contributed by atoms with Gasteiger partial charge in [0.25, 0.3) is 0 Å². The average molecular weight is 225 g/mol. The fourth-order valence-electron chi connectivity index (χ4n) is 1.82. The standard InChI is InChI=1S/C12H16FNO2/c13-12-2-1-9(5-10(12)7-15)6-14-11-3-4-16-8-11/h1-2,5,11,14-15H,3-4,6-8H2. The highest BCUT2D eigenvalue weighted by Crippen LogP contribution is 2.11. The van der Waals surface area contributed by atoms with Crippen molar-refractivity contribution >= 4 is 0 Å². The van der Waals surface area contributed by atoms with Gasteiger partial charge < -0.3 is 15.2 Å². The Morgan fingerprint density at radius 2 is 2.38 bits per heavy atom. The molecular weight excluding hydrogens is 209 g/mol. The Hall–Kier alpha value is -0.970. The van der Waals surface area contributed by atoms with Gasteiger partial charge in [-0.05, 0) is 24.1 Å². The smallest absolute Gasteiger partial charge is 0.128 e. The molecule has 0 spiro atoms. The largest absolute Gasteiger partial charge is 0.392 e. The molecule has 0 radical (unpaired) electrons. The zero-order chi connectivity index (χ0) is 11.4. The van der Waals surface area contributed by atoms with Gasteiger partial charge in [-0.2, -0.15) is 0 Å². The molecule has 16 heavy (non-hydrogen) atoms. The summed E-state index contributed by atoms with van der Waals surface area (Å²) in [6.45, 7) is 1.98. The third-order valence-corrected chi connectivity index (χ3v) is 2.81. The maximum atomic E-state index is 13.1. The van der Waals surface area contributed by atoms with Crippen molar-refractivity contribution in [2.75, 3.05) is 13.2 Å². The van der Waals surface area contributed by atoms with E-state index in [2.05, 4.69) is 5.32 Å². The number of rotatable bonds is 4. The van der Waals surface area contributed by atoms with Gasteiger partial charge in [-0.1, -0.05) is 6.07 Å². The number of hydrogen-bond acceptors (Lipinski definition) is 3. The molecule has 0 bridgehead atoms. The Balaban J connectivity index is 1.93. The number of halogens is 1. The van der Waals surface area contributed by atoms with Crippen LogP contribution in [-0.4, -0.2) is 24.4 Å². The van der Waals surface area contributed by atoms with Crippen LogP contribution >= 0.6 is 0 Å². The number of benzene rings is 1. The van der Waals surface area contributed by atoms with E-state index in [1.165, 1.54) is 6.07 Å². The second-order valence-corrected chi connectivity index (χ2v) is 4.03. The van der Waals surface area contributed by atoms with Crippen molar-refractivity contribution in [1.29, 1.82) is 0 Å². The zero-order valence-electron chi connectivity index (χ0n) is 9.08. The molecular formula is C12H16FNO2. The molecule has 0 saturated carbocycles. The van der Waals surface area contributed by atoms with Gasteiger partial charge in [0, 0.05) is 24.8 Å². The fraction of sp³-hybridized carbons (Fsp3) is 0.500. The van der Waals surface area contributed by atoms with E-state index in [1.54, 1.807) is 12.1 Å². The number of hydrogen-bond donors (Lipinski definition) is 2. The molecule has 1 atom stereocenters. The summed E-state index contributed by atoms with van der Waals surface area (Å²) in [6, 6.07) is 5.21. The number of aliphatic hydroxyl groups is 1. The number of nitrogens with one attached hydrogen (secondary N) is 1. The normalized spacial score (nSPS) is 20.2. The first-order valence-electron chi connectivity index (χ1n) is 5.49. The summed E-state index contributed by atoms with van der Waals surface area (Å²) in [6.07, 6.45) is 1.02. The lowest BCUT2D eigenvalue weighted by atomic mass is 10.1. The summed E-state index contributed by atoms with van der Waals surface area (Å²) < 4.78 is 18.4. The Labute approximate surface area is 94.2 Å². The summed E-state index contributed by atoms with van der Waals surface area (Å²) in [4.78, 5) is 0. The minimum atomic E-state index is -0.351. The van der Waals surface area contributed by atoms with E-state index in [-0.39, 0.29) is 12.4 Å². The van der Waals surface area contributed by atoms with Gasteiger partial charge in [0.05, 0.1) is 13.2 Å². The van der Waals surface area contributed by atoms with E-state index in [4.69, 9.17) is 9.84 Å². The average Bonchev–Trinajstić information content (AvgIpc) is 2.81. The van der Waals surface area contributed by atoms with Crippen molar-refractivity contribution in [3.8, 4) is 0 Å². The zero-order valence-corrected chi connectivity index (χ0v) is 9.08. The summed E-state index contributed by atoms with van der Waals surface area (Å²) in [5.74, 6) is -0.351. The van der Waals surface area contributed by atoms with Gasteiger partial charge in [-0.15, -0.1) is 0 Å². The molecule has 4 heteroatoms. The molecule has 1 aromatic carbocycles. The third kappa shape index (κ3) is 2.78. The van der Waals surface area contributed by atoms with Crippen LogP contribution in [0.2, 0.25) is 0 Å². The number of ether oxygens (including phenoxy) is 1. The Morgan fingerprint density at radius 1 is 1.50 bits per heavy atom. The second-order valence-electron chi connectivity index (χ2n) is 4.03. The third-order valence-electron chi connectivity index (χ3n) is 2.81. The predicted octanol–water partition coefficient (Wildman–Crippen LogP) is 1.20. The first-order chi connectivity index (χ1) is 7.79. The lowest BCUT2D eigenvalue weighted by molar-refractivity contribution is 0.190. The molecule has 1 saturated heterocycles. The predicted molar refractivity (Wildman–Crippen MR) is 58.4 cm³/mol. The highest BCUT2D eigenvalue weighted by atomic mass is 19.1. The van der Waals surface area contributed by atoms with Gasteiger partial charge >= 0.3 is 0 Å². The van der Waals surface area contributed by atoms with Crippen LogP contribution in [0, 0.1) is 5.82 Å². The van der Waals surface area contributed by atoms with Crippen molar-refractivity contribution in [3.63, 3.8) is 0 Å². The number of aliphatic hydroxyl groups excluding tert-OH is 1. The van der Waals surface area contributed by atoms with Crippen LogP contribution in [0.15, 0.2) is 18.2 Å². The molecule has 1 unspecified atom stereocenters.